The number of piperidine rings is 1. The molecule has 2 heterocycles. The van der Waals surface area contributed by atoms with Crippen molar-refractivity contribution < 1.29 is 9.84 Å². The van der Waals surface area contributed by atoms with E-state index in [1.807, 2.05) is 0 Å². The molecular weight excluding hydrogens is 300 g/mol. The van der Waals surface area contributed by atoms with Gasteiger partial charge in [-0.05, 0) is 56.7 Å². The molecular formula is C20H32N2O2. The summed E-state index contributed by atoms with van der Waals surface area (Å²) in [5.74, 6) is 0.404. The maximum Gasteiger partial charge on any atom is 0.0702 e. The van der Waals surface area contributed by atoms with Crippen molar-refractivity contribution in [1.29, 1.82) is 0 Å². The third-order valence-corrected chi connectivity index (χ3v) is 5.47. The molecule has 2 saturated heterocycles. The third-order valence-electron chi connectivity index (χ3n) is 5.47. The zero-order chi connectivity index (χ0) is 16.6. The first-order valence-electron chi connectivity index (χ1n) is 9.58. The van der Waals surface area contributed by atoms with Gasteiger partial charge >= 0.3 is 0 Å². The highest BCUT2D eigenvalue weighted by Crippen LogP contribution is 2.20. The number of nitrogens with one attached hydrogen (secondary N) is 1. The molecule has 0 amide bonds. The van der Waals surface area contributed by atoms with Gasteiger partial charge < -0.3 is 20.1 Å². The second-order valence-electron chi connectivity index (χ2n) is 7.24. The zero-order valence-corrected chi connectivity index (χ0v) is 14.7. The third kappa shape index (κ3) is 5.28. The van der Waals surface area contributed by atoms with Gasteiger partial charge in [-0.3, -0.25) is 0 Å². The Labute approximate surface area is 146 Å². The summed E-state index contributed by atoms with van der Waals surface area (Å²) in [5.41, 5.74) is 1.33. The first-order chi connectivity index (χ1) is 11.8. The molecule has 4 nitrogen and oxygen atoms in total. The van der Waals surface area contributed by atoms with E-state index in [0.717, 1.165) is 26.1 Å². The van der Waals surface area contributed by atoms with Crippen LogP contribution in [0.15, 0.2) is 30.3 Å². The largest absolute Gasteiger partial charge is 0.396 e. The summed E-state index contributed by atoms with van der Waals surface area (Å²) in [6.07, 6.45) is 6.20. The molecule has 0 aliphatic carbocycles. The Morgan fingerprint density at radius 3 is 2.62 bits per heavy atom. The molecule has 2 fully saturated rings. The van der Waals surface area contributed by atoms with Crippen LogP contribution in [0.1, 0.15) is 43.6 Å². The van der Waals surface area contributed by atoms with E-state index < -0.39 is 0 Å². The number of rotatable bonds is 8. The van der Waals surface area contributed by atoms with Gasteiger partial charge in [0.15, 0.2) is 0 Å². The van der Waals surface area contributed by atoms with Crippen LogP contribution in [0.4, 0.5) is 0 Å². The minimum absolute atomic E-state index is 0.251. The van der Waals surface area contributed by atoms with Crippen molar-refractivity contribution in [2.75, 3.05) is 39.4 Å². The van der Waals surface area contributed by atoms with E-state index in [2.05, 4.69) is 40.5 Å². The fraction of sp³-hybridized carbons (Fsp3) is 0.700. The van der Waals surface area contributed by atoms with Crippen LogP contribution in [0.2, 0.25) is 0 Å². The monoisotopic (exact) mass is 332 g/mol. The Morgan fingerprint density at radius 2 is 1.96 bits per heavy atom. The van der Waals surface area contributed by atoms with Gasteiger partial charge in [0.25, 0.3) is 0 Å². The predicted octanol–water partition coefficient (Wildman–Crippen LogP) is 2.39. The highest BCUT2D eigenvalue weighted by molar-refractivity contribution is 5.19. The fourth-order valence-corrected chi connectivity index (χ4v) is 3.97. The van der Waals surface area contributed by atoms with Crippen molar-refractivity contribution in [2.45, 2.75) is 50.2 Å². The molecule has 0 aromatic heterocycles. The van der Waals surface area contributed by atoms with Crippen LogP contribution in [0, 0.1) is 0 Å². The van der Waals surface area contributed by atoms with Gasteiger partial charge in [-0.25, -0.2) is 0 Å². The van der Waals surface area contributed by atoms with Crippen LogP contribution in [-0.2, 0) is 4.74 Å². The summed E-state index contributed by atoms with van der Waals surface area (Å²) in [5, 5.41) is 13.1. The van der Waals surface area contributed by atoms with Crippen molar-refractivity contribution in [2.24, 2.45) is 0 Å². The lowest BCUT2D eigenvalue weighted by molar-refractivity contribution is 0.0626. The number of hydrogen-bond donors (Lipinski definition) is 2. The van der Waals surface area contributed by atoms with Gasteiger partial charge in [0.05, 0.1) is 6.10 Å². The molecule has 1 aromatic rings. The lowest BCUT2D eigenvalue weighted by atomic mass is 9.95. The number of hydrogen-bond acceptors (Lipinski definition) is 4. The molecule has 2 atom stereocenters. The molecule has 4 heteroatoms. The smallest absolute Gasteiger partial charge is 0.0702 e. The van der Waals surface area contributed by atoms with Gasteiger partial charge in [-0.1, -0.05) is 30.3 Å². The average molecular weight is 332 g/mol. The molecule has 2 aliphatic heterocycles. The molecule has 24 heavy (non-hydrogen) atoms. The maximum atomic E-state index is 9.36. The number of nitrogens with zero attached hydrogens (tertiary/aromatic N) is 1. The van der Waals surface area contributed by atoms with Gasteiger partial charge in [0.1, 0.15) is 0 Å². The Balaban J connectivity index is 1.40. The zero-order valence-electron chi connectivity index (χ0n) is 14.7. The first kappa shape index (κ1) is 17.9. The quantitative estimate of drug-likeness (QED) is 0.767. The van der Waals surface area contributed by atoms with E-state index in [1.165, 1.54) is 44.3 Å². The van der Waals surface area contributed by atoms with E-state index >= 15 is 0 Å². The van der Waals surface area contributed by atoms with Crippen LogP contribution in [0.25, 0.3) is 0 Å². The van der Waals surface area contributed by atoms with Gasteiger partial charge in [-0.15, -0.1) is 0 Å². The lowest BCUT2D eigenvalue weighted by Crippen LogP contribution is -2.45. The minimum Gasteiger partial charge on any atom is -0.396 e. The van der Waals surface area contributed by atoms with E-state index in [0.29, 0.717) is 18.1 Å². The molecule has 134 valence electrons. The Morgan fingerprint density at radius 1 is 1.17 bits per heavy atom. The molecule has 2 aliphatic rings. The SMILES string of the molecule is OCCC(CNC1CCN(CC2CCCO2)CC1)c1ccccc1. The van der Waals surface area contributed by atoms with Crippen molar-refractivity contribution in [3.8, 4) is 0 Å². The van der Waals surface area contributed by atoms with Crippen molar-refractivity contribution in [3.05, 3.63) is 35.9 Å². The summed E-state index contributed by atoms with van der Waals surface area (Å²) in [4.78, 5) is 2.57. The predicted molar refractivity (Wildman–Crippen MR) is 97.3 cm³/mol. The molecule has 2 N–H and O–H groups in total. The number of ether oxygens (including phenoxy) is 1. The topological polar surface area (TPSA) is 44.7 Å². The summed E-state index contributed by atoms with van der Waals surface area (Å²) in [7, 11) is 0. The molecule has 0 saturated carbocycles. The number of aliphatic hydroxyl groups is 1. The second kappa shape index (κ2) is 9.52. The van der Waals surface area contributed by atoms with Crippen LogP contribution in [0.5, 0.6) is 0 Å². The van der Waals surface area contributed by atoms with E-state index in [-0.39, 0.29) is 6.61 Å². The van der Waals surface area contributed by atoms with Crippen molar-refractivity contribution in [3.63, 3.8) is 0 Å². The van der Waals surface area contributed by atoms with Crippen LogP contribution in [-0.4, -0.2) is 61.5 Å². The van der Waals surface area contributed by atoms with Gasteiger partial charge in [0, 0.05) is 32.3 Å². The van der Waals surface area contributed by atoms with E-state index in [4.69, 9.17) is 4.74 Å². The second-order valence-corrected chi connectivity index (χ2v) is 7.24. The van der Waals surface area contributed by atoms with Gasteiger partial charge in [0.2, 0.25) is 0 Å². The number of benzene rings is 1. The minimum atomic E-state index is 0.251. The van der Waals surface area contributed by atoms with E-state index in [9.17, 15) is 5.11 Å². The Hall–Kier alpha value is -0.940. The van der Waals surface area contributed by atoms with Crippen LogP contribution in [0.3, 0.4) is 0 Å². The Kier molecular flexibility index (Phi) is 7.09. The molecule has 3 rings (SSSR count). The van der Waals surface area contributed by atoms with Crippen LogP contribution < -0.4 is 5.32 Å². The highest BCUT2D eigenvalue weighted by atomic mass is 16.5. The normalized spacial score (nSPS) is 24.3. The van der Waals surface area contributed by atoms with Gasteiger partial charge in [-0.2, -0.15) is 0 Å². The molecule has 1 aromatic carbocycles. The summed E-state index contributed by atoms with van der Waals surface area (Å²) >= 11 is 0. The molecule has 0 radical (unpaired) electrons. The lowest BCUT2D eigenvalue weighted by Gasteiger charge is -2.34. The van der Waals surface area contributed by atoms with Crippen molar-refractivity contribution in [1.82, 2.24) is 10.2 Å². The summed E-state index contributed by atoms with van der Waals surface area (Å²) in [6.45, 7) is 5.63. The van der Waals surface area contributed by atoms with Crippen LogP contribution >= 0.6 is 0 Å². The first-order valence-corrected chi connectivity index (χ1v) is 9.58. The molecule has 0 bridgehead atoms. The molecule has 0 spiro atoms. The highest BCUT2D eigenvalue weighted by Gasteiger charge is 2.24. The fourth-order valence-electron chi connectivity index (χ4n) is 3.97. The standard InChI is InChI=1S/C20H32N2O2/c23-13-10-18(17-5-2-1-3-6-17)15-21-19-8-11-22(12-9-19)16-20-7-4-14-24-20/h1-3,5-6,18-21,23H,4,7-16H2. The number of likely N-dealkylation sites (tertiary alicyclic amines) is 1. The number of aliphatic hydroxyl groups excluding tert-OH is 1. The van der Waals surface area contributed by atoms with E-state index in [1.54, 1.807) is 0 Å². The molecule has 2 unspecified atom stereocenters. The average Bonchev–Trinajstić information content (AvgIpc) is 3.14. The summed E-state index contributed by atoms with van der Waals surface area (Å²) < 4.78 is 5.76. The maximum absolute atomic E-state index is 9.36. The summed E-state index contributed by atoms with van der Waals surface area (Å²) in [6, 6.07) is 11.2. The van der Waals surface area contributed by atoms with Crippen molar-refractivity contribution >= 4 is 0 Å². The Bertz CT molecular complexity index is 454.